The molecule has 2 N–H and O–H groups in total. The number of piperidine rings is 1. The predicted octanol–water partition coefficient (Wildman–Crippen LogP) is 5.48. The number of aliphatic carboxylic acids is 1. The van der Waals surface area contributed by atoms with Crippen molar-refractivity contribution >= 4 is 16.9 Å². The van der Waals surface area contributed by atoms with Crippen molar-refractivity contribution in [3.63, 3.8) is 0 Å². The van der Waals surface area contributed by atoms with Crippen LogP contribution >= 0.6 is 0 Å². The third-order valence-electron chi connectivity index (χ3n) is 7.69. The highest BCUT2D eigenvalue weighted by Gasteiger charge is 2.57. The first-order valence-corrected chi connectivity index (χ1v) is 13.6. The van der Waals surface area contributed by atoms with Gasteiger partial charge >= 0.3 is 12.1 Å². The van der Waals surface area contributed by atoms with Crippen molar-refractivity contribution < 1.29 is 32.9 Å². The summed E-state index contributed by atoms with van der Waals surface area (Å²) in [6.45, 7) is 0.223. The third kappa shape index (κ3) is 6.27. The first kappa shape index (κ1) is 29.2. The Hall–Kier alpha value is -4.33. The van der Waals surface area contributed by atoms with Gasteiger partial charge in [0.25, 0.3) is 0 Å². The zero-order valence-electron chi connectivity index (χ0n) is 22.7. The molecule has 0 aliphatic carbocycles. The topological polar surface area (TPSA) is 98.7 Å². The highest BCUT2D eigenvalue weighted by atomic mass is 19.4. The number of aliphatic hydroxyl groups is 1. The maximum Gasteiger partial charge on any atom is 0.422 e. The lowest BCUT2D eigenvalue weighted by Crippen LogP contribution is -2.53. The average Bonchev–Trinajstić information content (AvgIpc) is 3.32. The van der Waals surface area contributed by atoms with E-state index in [2.05, 4.69) is 0 Å². The fraction of sp³-hybridized carbons (Fsp3) is 0.312. The van der Waals surface area contributed by atoms with Crippen LogP contribution in [0.25, 0.3) is 10.9 Å². The summed E-state index contributed by atoms with van der Waals surface area (Å²) < 4.78 is 51.8. The fourth-order valence-electron chi connectivity index (χ4n) is 5.49. The molecule has 42 heavy (non-hydrogen) atoms. The van der Waals surface area contributed by atoms with Crippen molar-refractivity contribution in [3.8, 4) is 11.8 Å². The Labute approximate surface area is 241 Å². The Morgan fingerprint density at radius 1 is 1.00 bits per heavy atom. The molecule has 0 saturated carbocycles. The van der Waals surface area contributed by atoms with E-state index in [1.165, 1.54) is 18.3 Å². The second-order valence-corrected chi connectivity index (χ2v) is 10.7. The van der Waals surface area contributed by atoms with Gasteiger partial charge in [0.05, 0.1) is 23.6 Å². The van der Waals surface area contributed by atoms with Crippen LogP contribution in [0.4, 0.5) is 13.2 Å². The fourth-order valence-corrected chi connectivity index (χ4v) is 5.49. The number of nitrogens with zero attached hydrogens (tertiary/aromatic N) is 3. The van der Waals surface area contributed by atoms with Crippen molar-refractivity contribution in [1.29, 1.82) is 5.26 Å². The van der Waals surface area contributed by atoms with Crippen LogP contribution in [0.2, 0.25) is 0 Å². The Morgan fingerprint density at radius 3 is 2.31 bits per heavy atom. The molecule has 0 bridgehead atoms. The van der Waals surface area contributed by atoms with Crippen molar-refractivity contribution in [2.24, 2.45) is 0 Å². The molecule has 0 spiro atoms. The Bertz CT molecular complexity index is 1590. The van der Waals surface area contributed by atoms with Crippen LogP contribution in [0.1, 0.15) is 35.1 Å². The van der Waals surface area contributed by atoms with E-state index in [9.17, 15) is 28.3 Å². The SMILES string of the molecule is N#Cc1ccc2c(C(O)(CN3CCC(Oc4ccc(CC(=O)O)cc4)CC3)C(F)(F)F)cn(Cc3ccccc3)c2c1. The van der Waals surface area contributed by atoms with E-state index in [0.717, 1.165) is 5.56 Å². The van der Waals surface area contributed by atoms with Crippen molar-refractivity contribution in [3.05, 3.63) is 101 Å². The minimum Gasteiger partial charge on any atom is -0.490 e. The van der Waals surface area contributed by atoms with Gasteiger partial charge in [-0.15, -0.1) is 0 Å². The van der Waals surface area contributed by atoms with Gasteiger partial charge in [-0.25, -0.2) is 0 Å². The molecule has 0 radical (unpaired) electrons. The van der Waals surface area contributed by atoms with Crippen LogP contribution in [0.5, 0.6) is 5.75 Å². The van der Waals surface area contributed by atoms with Gasteiger partial charge in [-0.2, -0.15) is 18.4 Å². The van der Waals surface area contributed by atoms with Gasteiger partial charge in [0.15, 0.2) is 0 Å². The number of carboxylic acid groups (broad SMARTS) is 1. The molecule has 1 aromatic heterocycles. The van der Waals surface area contributed by atoms with Gasteiger partial charge in [-0.05, 0) is 48.2 Å². The quantitative estimate of drug-likeness (QED) is 0.273. The number of nitriles is 1. The molecule has 3 aromatic carbocycles. The molecule has 1 unspecified atom stereocenters. The summed E-state index contributed by atoms with van der Waals surface area (Å²) in [5.74, 6) is -0.361. The molecule has 1 fully saturated rings. The zero-order chi connectivity index (χ0) is 29.9. The largest absolute Gasteiger partial charge is 0.490 e. The van der Waals surface area contributed by atoms with E-state index in [1.54, 1.807) is 39.8 Å². The summed E-state index contributed by atoms with van der Waals surface area (Å²) in [6, 6.07) is 22.5. The highest BCUT2D eigenvalue weighted by Crippen LogP contribution is 2.44. The number of alkyl halides is 3. The number of carbonyl (C=O) groups is 1. The standard InChI is InChI=1S/C32H30F3N3O4/c33-32(34,35)31(41,21-37-14-12-26(13-15-37)42-25-9-6-22(7-10-25)17-30(39)40)28-20-38(19-23-4-2-1-3-5-23)29-16-24(18-36)8-11-27(28)29/h1-11,16,20,26,41H,12-15,17,19,21H2,(H,39,40). The minimum atomic E-state index is -4.96. The van der Waals surface area contributed by atoms with Crippen molar-refractivity contribution in [1.82, 2.24) is 9.47 Å². The van der Waals surface area contributed by atoms with Crippen LogP contribution in [-0.4, -0.2) is 57.6 Å². The lowest BCUT2D eigenvalue weighted by atomic mass is 9.90. The number of β-amino-alcohol motifs (C(OH)–C–C–N with tert-alkyl or cyclic N) is 1. The number of aromatic nitrogens is 1. The third-order valence-corrected chi connectivity index (χ3v) is 7.69. The Kier molecular flexibility index (Phi) is 8.25. The molecule has 218 valence electrons. The molecular weight excluding hydrogens is 547 g/mol. The van der Waals surface area contributed by atoms with E-state index in [0.29, 0.717) is 48.3 Å². The van der Waals surface area contributed by atoms with Gasteiger partial charge in [0.2, 0.25) is 5.60 Å². The molecule has 1 saturated heterocycles. The zero-order valence-corrected chi connectivity index (χ0v) is 22.7. The first-order valence-electron chi connectivity index (χ1n) is 13.6. The lowest BCUT2D eigenvalue weighted by molar-refractivity contribution is -0.272. The van der Waals surface area contributed by atoms with Gasteiger partial charge < -0.3 is 19.5 Å². The van der Waals surface area contributed by atoms with E-state index in [-0.39, 0.29) is 30.0 Å². The molecule has 1 aliphatic heterocycles. The van der Waals surface area contributed by atoms with Crippen molar-refractivity contribution in [2.75, 3.05) is 19.6 Å². The maximum absolute atomic E-state index is 14.7. The number of rotatable bonds is 9. The normalized spacial score (nSPS) is 16.2. The summed E-state index contributed by atoms with van der Waals surface area (Å²) in [7, 11) is 0. The number of likely N-dealkylation sites (tertiary alicyclic amines) is 1. The number of benzene rings is 3. The highest BCUT2D eigenvalue weighted by molar-refractivity contribution is 5.86. The van der Waals surface area contributed by atoms with Crippen molar-refractivity contribution in [2.45, 2.75) is 43.7 Å². The monoisotopic (exact) mass is 577 g/mol. The van der Waals surface area contributed by atoms with Crippen LogP contribution in [-0.2, 0) is 23.4 Å². The van der Waals surface area contributed by atoms with Gasteiger partial charge in [0, 0.05) is 43.3 Å². The smallest absolute Gasteiger partial charge is 0.422 e. The molecule has 2 heterocycles. The second-order valence-electron chi connectivity index (χ2n) is 10.7. The Balaban J connectivity index is 1.35. The van der Waals surface area contributed by atoms with Gasteiger partial charge in [0.1, 0.15) is 11.9 Å². The molecule has 7 nitrogen and oxygen atoms in total. The molecular formula is C32H30F3N3O4. The number of hydrogen-bond acceptors (Lipinski definition) is 5. The molecule has 5 rings (SSSR count). The Morgan fingerprint density at radius 2 is 1.69 bits per heavy atom. The molecule has 10 heteroatoms. The van der Waals surface area contributed by atoms with E-state index >= 15 is 0 Å². The lowest BCUT2D eigenvalue weighted by Gasteiger charge is -2.39. The second kappa shape index (κ2) is 11.9. The summed E-state index contributed by atoms with van der Waals surface area (Å²) >= 11 is 0. The maximum atomic E-state index is 14.7. The molecule has 1 atom stereocenters. The molecule has 4 aromatic rings. The first-order chi connectivity index (χ1) is 20.1. The molecule has 1 aliphatic rings. The average molecular weight is 578 g/mol. The number of carboxylic acids is 1. The van der Waals surface area contributed by atoms with E-state index < -0.39 is 24.3 Å². The minimum absolute atomic E-state index is 0.0921. The summed E-state index contributed by atoms with van der Waals surface area (Å²) in [5.41, 5.74) is -1.12. The summed E-state index contributed by atoms with van der Waals surface area (Å²) in [4.78, 5) is 12.5. The number of halogens is 3. The van der Waals surface area contributed by atoms with Crippen LogP contribution in [0.3, 0.4) is 0 Å². The van der Waals surface area contributed by atoms with Gasteiger partial charge in [-0.1, -0.05) is 48.5 Å². The predicted molar refractivity (Wildman–Crippen MR) is 150 cm³/mol. The van der Waals surface area contributed by atoms with E-state index in [1.807, 2.05) is 36.4 Å². The molecule has 0 amide bonds. The van der Waals surface area contributed by atoms with Crippen LogP contribution < -0.4 is 4.74 Å². The number of ether oxygens (including phenoxy) is 1. The number of hydrogen-bond donors (Lipinski definition) is 2. The van der Waals surface area contributed by atoms with Crippen LogP contribution in [0, 0.1) is 11.3 Å². The number of fused-ring (bicyclic) bond motifs is 1. The summed E-state index contributed by atoms with van der Waals surface area (Å²) in [6.07, 6.45) is -2.99. The van der Waals surface area contributed by atoms with E-state index in [4.69, 9.17) is 9.84 Å². The van der Waals surface area contributed by atoms with Crippen LogP contribution in [0.15, 0.2) is 79.0 Å². The van der Waals surface area contributed by atoms with Gasteiger partial charge in [-0.3, -0.25) is 9.69 Å². The summed E-state index contributed by atoms with van der Waals surface area (Å²) in [5, 5.41) is 30.0.